The molecule has 6 heteroatoms. The van der Waals surface area contributed by atoms with Gasteiger partial charge in [-0.25, -0.2) is 0 Å². The van der Waals surface area contributed by atoms with Crippen LogP contribution in [0.1, 0.15) is 35.7 Å². The van der Waals surface area contributed by atoms with Crippen molar-refractivity contribution in [3.05, 3.63) is 35.2 Å². The Balaban J connectivity index is 1.57. The van der Waals surface area contributed by atoms with E-state index in [1.807, 2.05) is 4.68 Å². The quantitative estimate of drug-likeness (QED) is 0.854. The Morgan fingerprint density at radius 1 is 1.24 bits per heavy atom. The summed E-state index contributed by atoms with van der Waals surface area (Å²) < 4.78 is 7.52. The van der Waals surface area contributed by atoms with Crippen molar-refractivity contribution in [1.29, 1.82) is 0 Å². The molecule has 2 aliphatic heterocycles. The topological polar surface area (TPSA) is 52.3 Å². The first kappa shape index (κ1) is 11.8. The number of hydrogen-bond donors (Lipinski definition) is 0. The number of benzene rings is 1. The van der Waals surface area contributed by atoms with E-state index < -0.39 is 0 Å². The van der Waals surface area contributed by atoms with E-state index in [4.69, 9.17) is 9.84 Å². The first-order chi connectivity index (χ1) is 10.4. The first-order valence-electron chi connectivity index (χ1n) is 7.30. The molecule has 0 atom stereocenters. The van der Waals surface area contributed by atoms with E-state index in [1.54, 1.807) is 11.8 Å². The standard InChI is InChI=1S/C15H14N4OS/c1-2-9(1)14-16-17-15-19(14)18-12(8-21-15)10-3-4-13-11(7-10)5-6-20-13/h3-4,7,9H,1-2,5-6,8H2. The highest BCUT2D eigenvalue weighted by atomic mass is 32.2. The van der Waals surface area contributed by atoms with Crippen LogP contribution in [0.3, 0.4) is 0 Å². The van der Waals surface area contributed by atoms with Gasteiger partial charge in [-0.2, -0.15) is 9.78 Å². The van der Waals surface area contributed by atoms with Crippen LogP contribution in [0.4, 0.5) is 0 Å². The van der Waals surface area contributed by atoms with Gasteiger partial charge in [0, 0.05) is 18.1 Å². The van der Waals surface area contributed by atoms with Gasteiger partial charge in [-0.15, -0.1) is 10.2 Å². The van der Waals surface area contributed by atoms with Gasteiger partial charge in [-0.1, -0.05) is 11.8 Å². The average Bonchev–Trinajstić information content (AvgIpc) is 3.11. The summed E-state index contributed by atoms with van der Waals surface area (Å²) in [6.07, 6.45) is 3.42. The Kier molecular flexibility index (Phi) is 2.44. The molecular formula is C15H14N4OS. The molecule has 1 aromatic carbocycles. The monoisotopic (exact) mass is 298 g/mol. The van der Waals surface area contributed by atoms with Crippen molar-refractivity contribution in [2.24, 2.45) is 5.10 Å². The van der Waals surface area contributed by atoms with Crippen LogP contribution in [-0.4, -0.2) is 32.9 Å². The molecule has 1 fully saturated rings. The molecular weight excluding hydrogens is 284 g/mol. The normalized spacial score (nSPS) is 19.7. The highest BCUT2D eigenvalue weighted by Crippen LogP contribution is 2.40. The molecule has 0 unspecified atom stereocenters. The molecule has 1 saturated carbocycles. The van der Waals surface area contributed by atoms with Crippen LogP contribution in [0.15, 0.2) is 28.5 Å². The second-order valence-electron chi connectivity index (χ2n) is 5.68. The predicted molar refractivity (Wildman–Crippen MR) is 80.3 cm³/mol. The van der Waals surface area contributed by atoms with Gasteiger partial charge < -0.3 is 4.74 Å². The second kappa shape index (κ2) is 4.34. The third-order valence-electron chi connectivity index (χ3n) is 4.16. The maximum Gasteiger partial charge on any atom is 0.212 e. The summed E-state index contributed by atoms with van der Waals surface area (Å²) in [4.78, 5) is 0. The molecule has 1 aliphatic carbocycles. The van der Waals surface area contributed by atoms with Crippen LogP contribution >= 0.6 is 11.8 Å². The molecule has 21 heavy (non-hydrogen) atoms. The maximum atomic E-state index is 5.57. The Morgan fingerprint density at radius 3 is 3.10 bits per heavy atom. The van der Waals surface area contributed by atoms with E-state index in [0.717, 1.165) is 41.2 Å². The average molecular weight is 298 g/mol. The molecule has 0 amide bonds. The van der Waals surface area contributed by atoms with Crippen molar-refractivity contribution in [3.63, 3.8) is 0 Å². The van der Waals surface area contributed by atoms with E-state index in [0.29, 0.717) is 5.92 Å². The van der Waals surface area contributed by atoms with Crippen LogP contribution in [0.2, 0.25) is 0 Å². The van der Waals surface area contributed by atoms with Crippen LogP contribution < -0.4 is 4.74 Å². The van der Waals surface area contributed by atoms with Crippen molar-refractivity contribution in [3.8, 4) is 5.75 Å². The van der Waals surface area contributed by atoms with Gasteiger partial charge in [-0.3, -0.25) is 0 Å². The summed E-state index contributed by atoms with van der Waals surface area (Å²) in [5.74, 6) is 3.46. The molecule has 2 aromatic rings. The number of hydrogen-bond acceptors (Lipinski definition) is 5. The molecule has 0 N–H and O–H groups in total. The number of fused-ring (bicyclic) bond motifs is 2. The van der Waals surface area contributed by atoms with E-state index in [9.17, 15) is 0 Å². The Labute approximate surface area is 126 Å². The third-order valence-corrected chi connectivity index (χ3v) is 5.09. The van der Waals surface area contributed by atoms with Crippen molar-refractivity contribution in [2.75, 3.05) is 12.4 Å². The van der Waals surface area contributed by atoms with Crippen molar-refractivity contribution in [2.45, 2.75) is 30.3 Å². The van der Waals surface area contributed by atoms with Crippen LogP contribution in [-0.2, 0) is 6.42 Å². The van der Waals surface area contributed by atoms with Gasteiger partial charge in [0.1, 0.15) is 5.75 Å². The van der Waals surface area contributed by atoms with Gasteiger partial charge in [0.15, 0.2) is 5.82 Å². The summed E-state index contributed by atoms with van der Waals surface area (Å²) >= 11 is 1.72. The molecule has 0 spiro atoms. The molecule has 0 bridgehead atoms. The largest absolute Gasteiger partial charge is 0.493 e. The highest BCUT2D eigenvalue weighted by Gasteiger charge is 2.32. The summed E-state index contributed by atoms with van der Waals surface area (Å²) in [6, 6.07) is 6.39. The smallest absolute Gasteiger partial charge is 0.212 e. The summed E-state index contributed by atoms with van der Waals surface area (Å²) in [6.45, 7) is 0.793. The maximum absolute atomic E-state index is 5.57. The van der Waals surface area contributed by atoms with Crippen molar-refractivity contribution >= 4 is 17.5 Å². The Morgan fingerprint density at radius 2 is 2.19 bits per heavy atom. The summed E-state index contributed by atoms with van der Waals surface area (Å²) in [7, 11) is 0. The first-order valence-corrected chi connectivity index (χ1v) is 8.29. The summed E-state index contributed by atoms with van der Waals surface area (Å²) in [5, 5.41) is 14.3. The molecule has 0 radical (unpaired) electrons. The zero-order valence-electron chi connectivity index (χ0n) is 11.5. The molecule has 106 valence electrons. The van der Waals surface area contributed by atoms with E-state index in [2.05, 4.69) is 28.4 Å². The number of nitrogens with zero attached hydrogens (tertiary/aromatic N) is 4. The molecule has 0 saturated heterocycles. The van der Waals surface area contributed by atoms with E-state index in [-0.39, 0.29) is 0 Å². The van der Waals surface area contributed by atoms with E-state index >= 15 is 0 Å². The minimum atomic E-state index is 0.559. The fourth-order valence-corrected chi connectivity index (χ4v) is 3.69. The van der Waals surface area contributed by atoms with Crippen LogP contribution in [0.5, 0.6) is 5.75 Å². The predicted octanol–water partition coefficient (Wildman–Crippen LogP) is 2.45. The van der Waals surface area contributed by atoms with Gasteiger partial charge in [0.25, 0.3) is 0 Å². The lowest BCUT2D eigenvalue weighted by molar-refractivity contribution is 0.357. The Bertz CT molecular complexity index is 763. The minimum absolute atomic E-state index is 0.559. The molecule has 1 aromatic heterocycles. The van der Waals surface area contributed by atoms with Crippen molar-refractivity contribution < 1.29 is 4.74 Å². The fourth-order valence-electron chi connectivity index (χ4n) is 2.85. The van der Waals surface area contributed by atoms with Gasteiger partial charge in [0.2, 0.25) is 5.16 Å². The minimum Gasteiger partial charge on any atom is -0.493 e. The molecule has 3 aliphatic rings. The van der Waals surface area contributed by atoms with E-state index in [1.165, 1.54) is 24.0 Å². The number of aromatic nitrogens is 3. The van der Waals surface area contributed by atoms with Crippen LogP contribution in [0, 0.1) is 0 Å². The molecule has 3 heterocycles. The van der Waals surface area contributed by atoms with Gasteiger partial charge in [-0.05, 0) is 42.2 Å². The van der Waals surface area contributed by atoms with Crippen molar-refractivity contribution in [1.82, 2.24) is 14.9 Å². The lowest BCUT2D eigenvalue weighted by Crippen LogP contribution is -2.14. The van der Waals surface area contributed by atoms with Crippen LogP contribution in [0.25, 0.3) is 0 Å². The number of ether oxygens (including phenoxy) is 1. The Hall–Kier alpha value is -1.82. The number of rotatable bonds is 2. The number of thioether (sulfide) groups is 1. The lowest BCUT2D eigenvalue weighted by atomic mass is 10.1. The highest BCUT2D eigenvalue weighted by molar-refractivity contribution is 7.99. The zero-order valence-corrected chi connectivity index (χ0v) is 12.3. The molecule has 5 rings (SSSR count). The second-order valence-corrected chi connectivity index (χ2v) is 6.63. The lowest BCUT2D eigenvalue weighted by Gasteiger charge is -2.14. The zero-order chi connectivity index (χ0) is 13.8. The third kappa shape index (κ3) is 1.89. The van der Waals surface area contributed by atoms with Gasteiger partial charge >= 0.3 is 0 Å². The SMILES string of the molecule is c1cc2c(cc1C1=Nn3c(nnc3C3CC3)SC1)CCO2. The molecule has 5 nitrogen and oxygen atoms in total. The fraction of sp³-hybridized carbons (Fsp3) is 0.400. The van der Waals surface area contributed by atoms with Gasteiger partial charge in [0.05, 0.1) is 12.3 Å². The summed E-state index contributed by atoms with van der Waals surface area (Å²) in [5.41, 5.74) is 3.58.